The van der Waals surface area contributed by atoms with Gasteiger partial charge in [0.2, 0.25) is 0 Å². The van der Waals surface area contributed by atoms with E-state index in [0.717, 1.165) is 23.3 Å². The largest absolute Gasteiger partial charge is 0.458 e. The van der Waals surface area contributed by atoms with Gasteiger partial charge in [0.1, 0.15) is 11.8 Å². The highest BCUT2D eigenvalue weighted by Crippen LogP contribution is 2.26. The number of Topliss-reactive ketones (excluding diaryl/α,β-unsaturated/α-hetero) is 1. The number of aryl methyl sites for hydroxylation is 1. The van der Waals surface area contributed by atoms with Crippen LogP contribution in [0.4, 0.5) is 0 Å². The molecule has 2 aromatic heterocycles. The van der Waals surface area contributed by atoms with Crippen LogP contribution in [-0.2, 0) is 16.6 Å². The predicted octanol–water partition coefficient (Wildman–Crippen LogP) is 2.32. The Labute approximate surface area is 186 Å². The summed E-state index contributed by atoms with van der Waals surface area (Å²) in [5.41, 5.74) is 4.64. The molecule has 1 N–H and O–H groups in total. The zero-order chi connectivity index (χ0) is 22.8. The quantitative estimate of drug-likeness (QED) is 0.739. The fourth-order valence-electron chi connectivity index (χ4n) is 3.96. The Morgan fingerprint density at radius 1 is 1.31 bits per heavy atom. The van der Waals surface area contributed by atoms with Gasteiger partial charge in [-0.1, -0.05) is 11.6 Å². The summed E-state index contributed by atoms with van der Waals surface area (Å²) in [7, 11) is 1.81. The lowest BCUT2D eigenvalue weighted by molar-refractivity contribution is -0.115. The molecule has 0 spiro atoms. The molecule has 0 unspecified atom stereocenters. The van der Waals surface area contributed by atoms with E-state index in [0.29, 0.717) is 36.5 Å². The fraction of sp³-hybridized carbons (Fsp3) is 0.435. The molecular weight excluding hydrogens is 410 g/mol. The minimum Gasteiger partial charge on any atom is -0.458 e. The summed E-state index contributed by atoms with van der Waals surface area (Å²) in [6, 6.07) is 1.94. The molecule has 0 aromatic carbocycles. The van der Waals surface area contributed by atoms with Gasteiger partial charge in [-0.05, 0) is 32.4 Å². The maximum absolute atomic E-state index is 13.1. The topological polar surface area (TPSA) is 108 Å². The van der Waals surface area contributed by atoms with E-state index in [1.807, 2.05) is 26.0 Å². The molecular formula is C23H27N5O4. The Morgan fingerprint density at radius 3 is 2.78 bits per heavy atom. The monoisotopic (exact) mass is 437 g/mol. The van der Waals surface area contributed by atoms with Gasteiger partial charge in [-0.25, -0.2) is 0 Å². The van der Waals surface area contributed by atoms with Crippen molar-refractivity contribution < 1.29 is 19.1 Å². The molecule has 4 rings (SSSR count). The molecule has 32 heavy (non-hydrogen) atoms. The van der Waals surface area contributed by atoms with Crippen LogP contribution in [0, 0.1) is 6.92 Å². The fourth-order valence-corrected chi connectivity index (χ4v) is 3.96. The van der Waals surface area contributed by atoms with Crippen LogP contribution in [0.1, 0.15) is 42.7 Å². The lowest BCUT2D eigenvalue weighted by atomic mass is 9.92. The predicted molar refractivity (Wildman–Crippen MR) is 117 cm³/mol. The van der Waals surface area contributed by atoms with Crippen LogP contribution in [0.3, 0.4) is 0 Å². The third kappa shape index (κ3) is 4.47. The third-order valence-corrected chi connectivity index (χ3v) is 5.70. The molecule has 0 saturated carbocycles. The maximum atomic E-state index is 13.1. The second-order valence-electron chi connectivity index (χ2n) is 8.21. The van der Waals surface area contributed by atoms with Crippen molar-refractivity contribution in [1.29, 1.82) is 0 Å². The summed E-state index contributed by atoms with van der Waals surface area (Å²) in [6.45, 7) is 6.83. The van der Waals surface area contributed by atoms with Crippen LogP contribution < -0.4 is 10.1 Å². The van der Waals surface area contributed by atoms with Crippen molar-refractivity contribution in [3.05, 3.63) is 46.3 Å². The van der Waals surface area contributed by atoms with E-state index in [1.54, 1.807) is 24.9 Å². The van der Waals surface area contributed by atoms with Crippen LogP contribution in [0.2, 0.25) is 0 Å². The van der Waals surface area contributed by atoms with E-state index < -0.39 is 0 Å². The number of rotatable bonds is 6. The summed E-state index contributed by atoms with van der Waals surface area (Å²) >= 11 is 0. The average Bonchev–Trinajstić information content (AvgIpc) is 3.40. The molecule has 1 saturated heterocycles. The van der Waals surface area contributed by atoms with Gasteiger partial charge < -0.3 is 14.8 Å². The van der Waals surface area contributed by atoms with Crippen LogP contribution in [0.25, 0.3) is 11.4 Å². The third-order valence-electron chi connectivity index (χ3n) is 5.70. The Balaban J connectivity index is 1.64. The zero-order valence-electron chi connectivity index (χ0n) is 18.8. The van der Waals surface area contributed by atoms with E-state index in [4.69, 9.17) is 9.47 Å². The summed E-state index contributed by atoms with van der Waals surface area (Å²) in [5.74, 6) is -0.358. The molecule has 1 aliphatic carbocycles. The first-order valence-electron chi connectivity index (χ1n) is 10.6. The molecule has 2 aromatic rings. The number of amides is 1. The summed E-state index contributed by atoms with van der Waals surface area (Å²) in [6.07, 6.45) is 4.61. The number of allylic oxidation sites excluding steroid dienone is 3. The summed E-state index contributed by atoms with van der Waals surface area (Å²) < 4.78 is 13.0. The van der Waals surface area contributed by atoms with Crippen molar-refractivity contribution in [1.82, 2.24) is 25.1 Å². The molecule has 3 heterocycles. The van der Waals surface area contributed by atoms with E-state index >= 15 is 0 Å². The number of nitrogens with one attached hydrogen (secondary N) is 1. The molecule has 2 aliphatic rings. The number of ether oxygens (including phenoxy) is 2. The molecule has 168 valence electrons. The van der Waals surface area contributed by atoms with Crippen LogP contribution >= 0.6 is 0 Å². The number of hydrogen-bond acceptors (Lipinski definition) is 7. The number of carbonyl (C=O) groups is 2. The first kappa shape index (κ1) is 21.9. The molecule has 1 fully saturated rings. The molecule has 1 aliphatic heterocycles. The molecule has 9 nitrogen and oxygen atoms in total. The first-order chi connectivity index (χ1) is 15.3. The van der Waals surface area contributed by atoms with Crippen LogP contribution in [0.15, 0.2) is 35.1 Å². The van der Waals surface area contributed by atoms with Crippen LogP contribution in [0.5, 0.6) is 6.01 Å². The van der Waals surface area contributed by atoms with Gasteiger partial charge in [-0.15, -0.1) is 0 Å². The van der Waals surface area contributed by atoms with Gasteiger partial charge in [-0.3, -0.25) is 14.3 Å². The Hall–Kier alpha value is -3.33. The molecule has 0 bridgehead atoms. The van der Waals surface area contributed by atoms with Gasteiger partial charge in [0, 0.05) is 43.8 Å². The normalized spacial score (nSPS) is 18.7. The SMILES string of the molecule is CC1=CC(C)=C(CNC(=O)c2nc(O[C@H]3CCOC3)nc(-c3ccnn3C)c2C)C(=O)C1. The Morgan fingerprint density at radius 2 is 2.12 bits per heavy atom. The minimum absolute atomic E-state index is 0.0306. The standard InChI is InChI=1S/C23H27N5O4/c1-13-9-14(2)17(19(29)10-13)11-24-22(30)21-15(3)20(18-5-7-25-28(18)4)26-23(27-21)32-16-6-8-31-12-16/h5,7,9,16H,6,8,10-12H2,1-4H3,(H,24,30)/t16-/m0/s1. The number of ketones is 1. The maximum Gasteiger partial charge on any atom is 0.318 e. The molecule has 1 atom stereocenters. The number of nitrogens with zero attached hydrogens (tertiary/aromatic N) is 4. The number of aromatic nitrogens is 4. The second-order valence-corrected chi connectivity index (χ2v) is 8.21. The van der Waals surface area contributed by atoms with Crippen molar-refractivity contribution in [3.8, 4) is 17.4 Å². The molecule has 1 amide bonds. The van der Waals surface area contributed by atoms with Crippen molar-refractivity contribution in [3.63, 3.8) is 0 Å². The number of carbonyl (C=O) groups excluding carboxylic acids is 2. The first-order valence-corrected chi connectivity index (χ1v) is 10.6. The van der Waals surface area contributed by atoms with Gasteiger partial charge >= 0.3 is 6.01 Å². The van der Waals surface area contributed by atoms with Crippen LogP contribution in [-0.4, -0.2) is 57.3 Å². The summed E-state index contributed by atoms with van der Waals surface area (Å²) in [4.78, 5) is 34.5. The zero-order valence-corrected chi connectivity index (χ0v) is 18.8. The smallest absolute Gasteiger partial charge is 0.318 e. The van der Waals surface area contributed by atoms with Gasteiger partial charge in [0.25, 0.3) is 5.91 Å². The lowest BCUT2D eigenvalue weighted by Gasteiger charge is -2.17. The summed E-state index contributed by atoms with van der Waals surface area (Å²) in [5, 5.41) is 7.06. The van der Waals surface area contributed by atoms with Gasteiger partial charge in [0.15, 0.2) is 5.78 Å². The highest BCUT2D eigenvalue weighted by Gasteiger charge is 2.25. The van der Waals surface area contributed by atoms with E-state index in [2.05, 4.69) is 20.4 Å². The van der Waals surface area contributed by atoms with Crippen molar-refractivity contribution in [2.24, 2.45) is 7.05 Å². The Kier molecular flexibility index (Phi) is 6.18. The highest BCUT2D eigenvalue weighted by atomic mass is 16.6. The van der Waals surface area contributed by atoms with Gasteiger partial charge in [0.05, 0.1) is 24.6 Å². The highest BCUT2D eigenvalue weighted by molar-refractivity contribution is 6.01. The van der Waals surface area contributed by atoms with Gasteiger partial charge in [-0.2, -0.15) is 15.1 Å². The Bertz CT molecular complexity index is 1130. The van der Waals surface area contributed by atoms with E-state index in [1.165, 1.54) is 0 Å². The van der Waals surface area contributed by atoms with Crippen molar-refractivity contribution in [2.75, 3.05) is 19.8 Å². The molecule has 0 radical (unpaired) electrons. The van der Waals surface area contributed by atoms with Crippen molar-refractivity contribution >= 4 is 11.7 Å². The van der Waals surface area contributed by atoms with E-state index in [9.17, 15) is 9.59 Å². The van der Waals surface area contributed by atoms with E-state index in [-0.39, 0.29) is 36.0 Å². The molecule has 9 heteroatoms. The average molecular weight is 438 g/mol. The lowest BCUT2D eigenvalue weighted by Crippen LogP contribution is -2.31. The van der Waals surface area contributed by atoms with Crippen molar-refractivity contribution in [2.45, 2.75) is 39.7 Å². The minimum atomic E-state index is -0.389. The number of hydrogen-bond donors (Lipinski definition) is 1. The second kappa shape index (κ2) is 9.04.